The highest BCUT2D eigenvalue weighted by molar-refractivity contribution is 6.32. The van der Waals surface area contributed by atoms with Crippen LogP contribution in [0.2, 0.25) is 5.02 Å². The molecule has 3 aliphatic rings. The number of fused-ring (bicyclic) bond motifs is 3. The Kier molecular flexibility index (Phi) is 2.89. The number of nitrogen functional groups attached to an aromatic ring is 1. The lowest BCUT2D eigenvalue weighted by Crippen LogP contribution is -2.52. The van der Waals surface area contributed by atoms with E-state index in [1.54, 1.807) is 6.07 Å². The minimum atomic E-state index is 0.290. The first kappa shape index (κ1) is 11.2. The van der Waals surface area contributed by atoms with Crippen molar-refractivity contribution in [3.05, 3.63) is 23.2 Å². The predicted molar refractivity (Wildman–Crippen MR) is 69.4 cm³/mol. The van der Waals surface area contributed by atoms with Crippen LogP contribution in [0.1, 0.15) is 12.8 Å². The van der Waals surface area contributed by atoms with E-state index < -0.39 is 0 Å². The molecular weight excluding hydrogens is 236 g/mol. The second-order valence-corrected chi connectivity index (χ2v) is 5.39. The van der Waals surface area contributed by atoms with E-state index in [9.17, 15) is 0 Å². The number of benzene rings is 1. The van der Waals surface area contributed by atoms with Crippen molar-refractivity contribution in [1.82, 2.24) is 4.90 Å². The van der Waals surface area contributed by atoms with Gasteiger partial charge in [0, 0.05) is 12.2 Å². The van der Waals surface area contributed by atoms with Crippen molar-refractivity contribution in [2.24, 2.45) is 5.92 Å². The van der Waals surface area contributed by atoms with Gasteiger partial charge in [-0.3, -0.25) is 4.90 Å². The van der Waals surface area contributed by atoms with Crippen molar-refractivity contribution in [1.29, 1.82) is 0 Å². The summed E-state index contributed by atoms with van der Waals surface area (Å²) in [6.45, 7) is 3.48. The van der Waals surface area contributed by atoms with Gasteiger partial charge in [-0.15, -0.1) is 0 Å². The highest BCUT2D eigenvalue weighted by atomic mass is 35.5. The number of piperidine rings is 3. The number of ether oxygens (including phenoxy) is 1. The number of nitrogens with zero attached hydrogens (tertiary/aromatic N) is 1. The van der Waals surface area contributed by atoms with Gasteiger partial charge in [-0.05, 0) is 50.0 Å². The Morgan fingerprint density at radius 1 is 1.29 bits per heavy atom. The molecule has 3 nitrogen and oxygen atoms in total. The summed E-state index contributed by atoms with van der Waals surface area (Å²) in [7, 11) is 0. The van der Waals surface area contributed by atoms with Gasteiger partial charge < -0.3 is 10.5 Å². The molecule has 1 unspecified atom stereocenters. The SMILES string of the molecule is Nc1ccc(OC2CN3CCC2CC3)c(Cl)c1. The lowest BCUT2D eigenvalue weighted by atomic mass is 9.86. The Hall–Kier alpha value is -0.930. The molecule has 2 N–H and O–H groups in total. The molecule has 0 aromatic heterocycles. The fourth-order valence-electron chi connectivity index (χ4n) is 2.82. The smallest absolute Gasteiger partial charge is 0.138 e. The standard InChI is InChI=1S/C13H17ClN2O/c14-11-7-10(15)1-2-12(11)17-13-8-16-5-3-9(13)4-6-16/h1-2,7,9,13H,3-6,8,15H2. The first-order valence-electron chi connectivity index (χ1n) is 6.16. The van der Waals surface area contributed by atoms with Gasteiger partial charge in [-0.1, -0.05) is 11.6 Å². The third-order valence-corrected chi connectivity index (χ3v) is 4.13. The highest BCUT2D eigenvalue weighted by Crippen LogP contribution is 2.33. The first-order chi connectivity index (χ1) is 8.22. The largest absolute Gasteiger partial charge is 0.487 e. The third kappa shape index (κ3) is 2.22. The molecule has 3 fully saturated rings. The van der Waals surface area contributed by atoms with E-state index in [1.807, 2.05) is 12.1 Å². The van der Waals surface area contributed by atoms with E-state index in [1.165, 1.54) is 25.9 Å². The monoisotopic (exact) mass is 252 g/mol. The van der Waals surface area contributed by atoms with Gasteiger partial charge in [-0.2, -0.15) is 0 Å². The molecule has 0 aliphatic carbocycles. The molecule has 0 saturated carbocycles. The van der Waals surface area contributed by atoms with Crippen LogP contribution >= 0.6 is 11.6 Å². The van der Waals surface area contributed by atoms with Gasteiger partial charge in [0.2, 0.25) is 0 Å². The van der Waals surface area contributed by atoms with E-state index in [4.69, 9.17) is 22.1 Å². The van der Waals surface area contributed by atoms with Crippen LogP contribution in [0, 0.1) is 5.92 Å². The van der Waals surface area contributed by atoms with Crippen LogP contribution in [-0.4, -0.2) is 30.6 Å². The molecule has 1 aromatic rings. The van der Waals surface area contributed by atoms with Gasteiger partial charge >= 0.3 is 0 Å². The van der Waals surface area contributed by atoms with Crippen molar-refractivity contribution < 1.29 is 4.74 Å². The second kappa shape index (κ2) is 4.39. The minimum absolute atomic E-state index is 0.290. The summed E-state index contributed by atoms with van der Waals surface area (Å²) in [6, 6.07) is 5.45. The Balaban J connectivity index is 1.74. The molecule has 1 aromatic carbocycles. The van der Waals surface area contributed by atoms with Crippen LogP contribution in [0.4, 0.5) is 5.69 Å². The summed E-state index contributed by atoms with van der Waals surface area (Å²) in [5.41, 5.74) is 6.35. The lowest BCUT2D eigenvalue weighted by Gasteiger charge is -2.44. The summed E-state index contributed by atoms with van der Waals surface area (Å²) in [5.74, 6) is 1.45. The Bertz CT molecular complexity index is 416. The normalized spacial score (nSPS) is 31.5. The maximum Gasteiger partial charge on any atom is 0.138 e. The molecule has 3 saturated heterocycles. The molecule has 1 atom stereocenters. The molecule has 17 heavy (non-hydrogen) atoms. The first-order valence-corrected chi connectivity index (χ1v) is 6.54. The predicted octanol–water partition coefficient (Wildman–Crippen LogP) is 2.40. The Morgan fingerprint density at radius 2 is 2.06 bits per heavy atom. The van der Waals surface area contributed by atoms with Gasteiger partial charge in [0.25, 0.3) is 0 Å². The molecule has 0 amide bonds. The van der Waals surface area contributed by atoms with Crippen molar-refractivity contribution >= 4 is 17.3 Å². The molecule has 3 heterocycles. The van der Waals surface area contributed by atoms with Gasteiger partial charge in [0.1, 0.15) is 11.9 Å². The Morgan fingerprint density at radius 3 is 2.65 bits per heavy atom. The number of hydrogen-bond acceptors (Lipinski definition) is 3. The van der Waals surface area contributed by atoms with Crippen LogP contribution in [0.3, 0.4) is 0 Å². The molecule has 4 heteroatoms. The summed E-state index contributed by atoms with van der Waals surface area (Å²) in [4.78, 5) is 2.47. The fraction of sp³-hybridized carbons (Fsp3) is 0.538. The number of nitrogens with two attached hydrogens (primary N) is 1. The molecule has 4 rings (SSSR count). The van der Waals surface area contributed by atoms with Crippen molar-refractivity contribution in [3.8, 4) is 5.75 Å². The van der Waals surface area contributed by atoms with E-state index in [-0.39, 0.29) is 0 Å². The van der Waals surface area contributed by atoms with Crippen LogP contribution in [-0.2, 0) is 0 Å². The topological polar surface area (TPSA) is 38.5 Å². The molecule has 0 spiro atoms. The van der Waals surface area contributed by atoms with Gasteiger partial charge in [-0.25, -0.2) is 0 Å². The average molecular weight is 253 g/mol. The number of rotatable bonds is 2. The molecule has 0 radical (unpaired) electrons. The highest BCUT2D eigenvalue weighted by Gasteiger charge is 2.35. The zero-order valence-electron chi connectivity index (χ0n) is 9.73. The summed E-state index contributed by atoms with van der Waals surface area (Å²) in [5, 5.41) is 0.612. The van der Waals surface area contributed by atoms with Crippen LogP contribution < -0.4 is 10.5 Å². The maximum absolute atomic E-state index is 6.13. The van der Waals surface area contributed by atoms with Crippen LogP contribution in [0.25, 0.3) is 0 Å². The Labute approximate surface area is 106 Å². The van der Waals surface area contributed by atoms with Gasteiger partial charge in [0.15, 0.2) is 0 Å². The van der Waals surface area contributed by atoms with Crippen molar-refractivity contribution in [2.45, 2.75) is 18.9 Å². The molecule has 92 valence electrons. The number of anilines is 1. The van der Waals surface area contributed by atoms with Gasteiger partial charge in [0.05, 0.1) is 5.02 Å². The summed E-state index contributed by atoms with van der Waals surface area (Å²) in [6.07, 6.45) is 2.78. The zero-order chi connectivity index (χ0) is 11.8. The second-order valence-electron chi connectivity index (χ2n) is 4.98. The maximum atomic E-state index is 6.13. The van der Waals surface area contributed by atoms with Crippen LogP contribution in [0.15, 0.2) is 18.2 Å². The summed E-state index contributed by atoms with van der Waals surface area (Å²) >= 11 is 6.13. The zero-order valence-corrected chi connectivity index (χ0v) is 10.5. The van der Waals surface area contributed by atoms with E-state index in [0.717, 1.165) is 12.3 Å². The third-order valence-electron chi connectivity index (χ3n) is 3.83. The fourth-order valence-corrected chi connectivity index (χ4v) is 3.05. The summed E-state index contributed by atoms with van der Waals surface area (Å²) < 4.78 is 6.05. The van der Waals surface area contributed by atoms with Crippen LogP contribution in [0.5, 0.6) is 5.75 Å². The van der Waals surface area contributed by atoms with Crippen molar-refractivity contribution in [3.63, 3.8) is 0 Å². The van der Waals surface area contributed by atoms with E-state index in [2.05, 4.69) is 4.90 Å². The molecule has 3 aliphatic heterocycles. The molecular formula is C13H17ClN2O. The average Bonchev–Trinajstić information content (AvgIpc) is 2.34. The lowest BCUT2D eigenvalue weighted by molar-refractivity contribution is -0.00770. The number of hydrogen-bond donors (Lipinski definition) is 1. The molecule has 2 bridgehead atoms. The quantitative estimate of drug-likeness (QED) is 0.822. The minimum Gasteiger partial charge on any atom is -0.487 e. The van der Waals surface area contributed by atoms with Crippen molar-refractivity contribution in [2.75, 3.05) is 25.4 Å². The van der Waals surface area contributed by atoms with E-state index >= 15 is 0 Å². The van der Waals surface area contributed by atoms with E-state index in [0.29, 0.717) is 22.7 Å². The number of halogens is 1.